The number of nitrogens with zero attached hydrogens (tertiary/aromatic N) is 4. The zero-order valence-electron chi connectivity index (χ0n) is 8.12. The molecule has 0 aliphatic carbocycles. The Kier molecular flexibility index (Phi) is 2.72. The Morgan fingerprint density at radius 2 is 2.31 bits per heavy atom. The van der Waals surface area contributed by atoms with Crippen LogP contribution in [0.25, 0.3) is 0 Å². The van der Waals surface area contributed by atoms with Crippen molar-refractivity contribution in [3.05, 3.63) is 40.6 Å². The van der Waals surface area contributed by atoms with Crippen LogP contribution in [0.3, 0.4) is 0 Å². The normalized spacial score (nSPS) is 10.0. The largest absolute Gasteiger partial charge is 0.363 e. The minimum absolute atomic E-state index is 0.0368. The molecule has 0 atom stereocenters. The van der Waals surface area contributed by atoms with Crippen molar-refractivity contribution in [2.75, 3.05) is 5.32 Å². The summed E-state index contributed by atoms with van der Waals surface area (Å²) in [5, 5.41) is 19.7. The molecule has 0 aliphatic rings. The average molecular weight is 220 g/mol. The molecule has 0 amide bonds. The first-order chi connectivity index (χ1) is 7.75. The summed E-state index contributed by atoms with van der Waals surface area (Å²) in [6.07, 6.45) is 2.60. The molecule has 2 N–H and O–H groups in total. The van der Waals surface area contributed by atoms with Gasteiger partial charge in [-0.05, 0) is 6.07 Å². The molecule has 2 aromatic heterocycles. The van der Waals surface area contributed by atoms with E-state index in [0.717, 1.165) is 0 Å². The molecule has 0 saturated carbocycles. The lowest BCUT2D eigenvalue weighted by molar-refractivity contribution is -0.385. The van der Waals surface area contributed by atoms with Crippen molar-refractivity contribution in [3.63, 3.8) is 0 Å². The number of anilines is 1. The van der Waals surface area contributed by atoms with E-state index in [2.05, 4.69) is 25.5 Å². The maximum atomic E-state index is 10.4. The Hall–Kier alpha value is -2.51. The first kappa shape index (κ1) is 10.0. The van der Waals surface area contributed by atoms with Crippen molar-refractivity contribution in [1.82, 2.24) is 20.2 Å². The number of rotatable bonds is 4. The van der Waals surface area contributed by atoms with E-state index in [1.807, 2.05) is 0 Å². The van der Waals surface area contributed by atoms with Gasteiger partial charge in [-0.2, -0.15) is 5.10 Å². The van der Waals surface area contributed by atoms with E-state index in [1.54, 1.807) is 0 Å². The van der Waals surface area contributed by atoms with E-state index in [9.17, 15) is 10.1 Å². The molecule has 0 spiro atoms. The number of hydrogen-bond donors (Lipinski definition) is 2. The molecule has 0 unspecified atom stereocenters. The summed E-state index contributed by atoms with van der Waals surface area (Å²) in [7, 11) is 0. The van der Waals surface area contributed by atoms with Crippen molar-refractivity contribution in [2.24, 2.45) is 0 Å². The van der Waals surface area contributed by atoms with Gasteiger partial charge < -0.3 is 5.32 Å². The lowest BCUT2D eigenvalue weighted by Crippen LogP contribution is -2.03. The van der Waals surface area contributed by atoms with Crippen LogP contribution >= 0.6 is 0 Å². The molecular weight excluding hydrogens is 212 g/mol. The highest BCUT2D eigenvalue weighted by molar-refractivity contribution is 5.39. The van der Waals surface area contributed by atoms with Gasteiger partial charge in [-0.15, -0.1) is 0 Å². The molecule has 16 heavy (non-hydrogen) atoms. The third-order valence-corrected chi connectivity index (χ3v) is 1.86. The van der Waals surface area contributed by atoms with Gasteiger partial charge in [0.05, 0.1) is 11.5 Å². The summed E-state index contributed by atoms with van der Waals surface area (Å²) in [6, 6.07) is 2.92. The fourth-order valence-electron chi connectivity index (χ4n) is 1.09. The Labute approximate surface area is 89.9 Å². The zero-order chi connectivity index (χ0) is 11.4. The Bertz CT molecular complexity index is 466. The minimum Gasteiger partial charge on any atom is -0.363 e. The van der Waals surface area contributed by atoms with Crippen LogP contribution in [0, 0.1) is 10.1 Å². The second-order valence-corrected chi connectivity index (χ2v) is 2.94. The number of nitrogens with one attached hydrogen (secondary N) is 2. The smallest absolute Gasteiger partial charge is 0.287 e. The van der Waals surface area contributed by atoms with Crippen molar-refractivity contribution in [3.8, 4) is 0 Å². The van der Waals surface area contributed by atoms with E-state index in [0.29, 0.717) is 18.2 Å². The first-order valence-electron chi connectivity index (χ1n) is 4.44. The average Bonchev–Trinajstić information content (AvgIpc) is 2.80. The standard InChI is InChI=1S/C8H8N6O2/c15-14(16)6-1-2-7(9-3-6)10-4-8-11-5-12-13-8/h1-3,5H,4H2,(H,9,10)(H,11,12,13). The lowest BCUT2D eigenvalue weighted by atomic mass is 10.4. The summed E-state index contributed by atoms with van der Waals surface area (Å²) < 4.78 is 0. The monoisotopic (exact) mass is 220 g/mol. The quantitative estimate of drug-likeness (QED) is 0.580. The van der Waals surface area contributed by atoms with Crippen molar-refractivity contribution >= 4 is 11.5 Å². The van der Waals surface area contributed by atoms with E-state index in [1.165, 1.54) is 24.7 Å². The summed E-state index contributed by atoms with van der Waals surface area (Å²) in [6.45, 7) is 0.435. The van der Waals surface area contributed by atoms with Crippen molar-refractivity contribution in [1.29, 1.82) is 0 Å². The topological polar surface area (TPSA) is 110 Å². The highest BCUT2D eigenvalue weighted by Gasteiger charge is 2.05. The molecule has 0 fully saturated rings. The molecule has 0 saturated heterocycles. The molecule has 0 radical (unpaired) electrons. The molecule has 0 aliphatic heterocycles. The molecular formula is C8H8N6O2. The van der Waals surface area contributed by atoms with Crippen molar-refractivity contribution in [2.45, 2.75) is 6.54 Å². The van der Waals surface area contributed by atoms with Gasteiger partial charge in [0.2, 0.25) is 0 Å². The number of pyridine rings is 1. The van der Waals surface area contributed by atoms with Crippen LogP contribution in [-0.2, 0) is 6.54 Å². The van der Waals surface area contributed by atoms with Crippen molar-refractivity contribution < 1.29 is 4.92 Å². The van der Waals surface area contributed by atoms with Crippen LogP contribution in [0.15, 0.2) is 24.7 Å². The van der Waals surface area contributed by atoms with E-state index in [4.69, 9.17) is 0 Å². The second kappa shape index (κ2) is 4.34. The molecule has 2 aromatic rings. The van der Waals surface area contributed by atoms with Crippen LogP contribution in [0.4, 0.5) is 11.5 Å². The number of aromatic amines is 1. The SMILES string of the molecule is O=[N+]([O-])c1ccc(NCc2ncn[nH]2)nc1. The molecule has 82 valence electrons. The second-order valence-electron chi connectivity index (χ2n) is 2.94. The predicted molar refractivity (Wildman–Crippen MR) is 54.6 cm³/mol. The van der Waals surface area contributed by atoms with Crippen LogP contribution < -0.4 is 5.32 Å². The fraction of sp³-hybridized carbons (Fsp3) is 0.125. The van der Waals surface area contributed by atoms with Crippen LogP contribution in [0.2, 0.25) is 0 Å². The Balaban J connectivity index is 1.98. The van der Waals surface area contributed by atoms with Gasteiger partial charge in [0.1, 0.15) is 24.2 Å². The van der Waals surface area contributed by atoms with Gasteiger partial charge in [-0.1, -0.05) is 0 Å². The summed E-state index contributed by atoms with van der Waals surface area (Å²) in [5.74, 6) is 1.21. The molecule has 0 aromatic carbocycles. The first-order valence-corrected chi connectivity index (χ1v) is 4.44. The van der Waals surface area contributed by atoms with E-state index >= 15 is 0 Å². The Morgan fingerprint density at radius 3 is 2.88 bits per heavy atom. The third-order valence-electron chi connectivity index (χ3n) is 1.86. The molecule has 2 heterocycles. The van der Waals surface area contributed by atoms with Crippen LogP contribution in [0.1, 0.15) is 5.82 Å². The number of hydrogen-bond acceptors (Lipinski definition) is 6. The van der Waals surface area contributed by atoms with Gasteiger partial charge in [0.15, 0.2) is 0 Å². The maximum absolute atomic E-state index is 10.4. The number of H-pyrrole nitrogens is 1. The van der Waals surface area contributed by atoms with Gasteiger partial charge in [-0.25, -0.2) is 9.97 Å². The van der Waals surface area contributed by atoms with Gasteiger partial charge >= 0.3 is 0 Å². The van der Waals surface area contributed by atoms with Gasteiger partial charge in [-0.3, -0.25) is 15.2 Å². The minimum atomic E-state index is -0.493. The van der Waals surface area contributed by atoms with Crippen LogP contribution in [-0.4, -0.2) is 25.1 Å². The Morgan fingerprint density at radius 1 is 1.44 bits per heavy atom. The highest BCUT2D eigenvalue weighted by Crippen LogP contribution is 2.11. The van der Waals surface area contributed by atoms with Crippen LogP contribution in [0.5, 0.6) is 0 Å². The van der Waals surface area contributed by atoms with E-state index < -0.39 is 4.92 Å². The third kappa shape index (κ3) is 2.29. The highest BCUT2D eigenvalue weighted by atomic mass is 16.6. The lowest BCUT2D eigenvalue weighted by Gasteiger charge is -2.01. The summed E-state index contributed by atoms with van der Waals surface area (Å²) in [4.78, 5) is 17.7. The number of aromatic nitrogens is 4. The molecule has 0 bridgehead atoms. The molecule has 8 heteroatoms. The van der Waals surface area contributed by atoms with Gasteiger partial charge in [0.25, 0.3) is 5.69 Å². The predicted octanol–water partition coefficient (Wildman–Crippen LogP) is 0.720. The fourth-order valence-corrected chi connectivity index (χ4v) is 1.09. The summed E-state index contributed by atoms with van der Waals surface area (Å²) in [5.41, 5.74) is -0.0368. The molecule has 8 nitrogen and oxygen atoms in total. The maximum Gasteiger partial charge on any atom is 0.287 e. The molecule has 2 rings (SSSR count). The van der Waals surface area contributed by atoms with E-state index in [-0.39, 0.29) is 5.69 Å². The van der Waals surface area contributed by atoms with Gasteiger partial charge in [0, 0.05) is 6.07 Å². The zero-order valence-corrected chi connectivity index (χ0v) is 8.12. The summed E-state index contributed by atoms with van der Waals surface area (Å²) >= 11 is 0. The number of nitro groups is 1.